The number of Topliss-reactive ketones (excluding diaryl/α,β-unsaturated/α-hetero) is 1. The molecule has 1 saturated carbocycles. The van der Waals surface area contributed by atoms with Crippen LogP contribution in [0.15, 0.2) is 59.7 Å². The number of carbonyl (C=O) groups excluding carboxylic acids is 3. The van der Waals surface area contributed by atoms with E-state index in [2.05, 4.69) is 30.0 Å². The van der Waals surface area contributed by atoms with Crippen molar-refractivity contribution in [2.24, 2.45) is 11.8 Å². The maximum Gasteiger partial charge on any atom is 0.334 e. The highest BCUT2D eigenvalue weighted by Gasteiger charge is 2.47. The van der Waals surface area contributed by atoms with E-state index in [0.29, 0.717) is 79.2 Å². The highest BCUT2D eigenvalue weighted by atomic mass is 16.6. The topological polar surface area (TPSA) is 151 Å². The Bertz CT molecular complexity index is 2110. The first-order chi connectivity index (χ1) is 25.4. The SMILES string of the molecule is C[C@]1(O)[C@H]2CCC(=O)[C@@H](Cc3ccc4c(c3)CC/C(=C3\C[C@@H](c5cc(O)cc(CO)c5)C#C[C@@H]5CC(=O)Oc6cc(O)c(cc65)C[C@H]1OC3=O)CC4)C2. The van der Waals surface area contributed by atoms with Gasteiger partial charge in [0.15, 0.2) is 0 Å². The summed E-state index contributed by atoms with van der Waals surface area (Å²) in [6.07, 6.45) is 3.30. The summed E-state index contributed by atoms with van der Waals surface area (Å²) in [5, 5.41) is 44.6. The van der Waals surface area contributed by atoms with Gasteiger partial charge in [-0.2, -0.15) is 0 Å². The smallest absolute Gasteiger partial charge is 0.334 e. The van der Waals surface area contributed by atoms with Crippen LogP contribution in [0.25, 0.3) is 0 Å². The lowest BCUT2D eigenvalue weighted by molar-refractivity contribution is -0.170. The molecular formula is C44H44O9. The lowest BCUT2D eigenvalue weighted by atomic mass is 9.68. The standard InChI is InChI=1S/C44H44O9/c1-44(51)34-10-11-38(47)32(16-34)13-24-2-3-26-4-5-27(6-7-28(26)12-24)37-18-29(31-14-25(23-45)15-35(46)17-31)8-9-30-21-42(49)52-40-22-39(48)33(19-36(30)40)20-41(44)53-43(37)50/h2-3,12,14-15,17,19,22,29-30,32,34,41,45-46,48,51H,4-7,10-11,13,16,18,20-21,23H2,1H3/b37-27+/t29-,30+,32-,34-,41+,44-/m0/s1. The largest absolute Gasteiger partial charge is 0.508 e. The number of rotatable bonds is 2. The second-order valence-electron chi connectivity index (χ2n) is 15.7. The van der Waals surface area contributed by atoms with Crippen LogP contribution >= 0.6 is 0 Å². The van der Waals surface area contributed by atoms with Gasteiger partial charge in [-0.1, -0.05) is 41.7 Å². The minimum Gasteiger partial charge on any atom is -0.508 e. The lowest BCUT2D eigenvalue weighted by Crippen LogP contribution is -2.52. The predicted octanol–water partition coefficient (Wildman–Crippen LogP) is 5.80. The molecule has 53 heavy (non-hydrogen) atoms. The second-order valence-corrected chi connectivity index (χ2v) is 15.7. The van der Waals surface area contributed by atoms with Crippen molar-refractivity contribution in [1.29, 1.82) is 0 Å². The summed E-state index contributed by atoms with van der Waals surface area (Å²) in [4.78, 5) is 41.0. The number of carbonyl (C=O) groups is 3. The summed E-state index contributed by atoms with van der Waals surface area (Å²) in [7, 11) is 0. The minimum atomic E-state index is -1.59. The number of phenols is 2. The number of hydrogen-bond donors (Lipinski definition) is 4. The van der Waals surface area contributed by atoms with Crippen LogP contribution in [0.2, 0.25) is 0 Å². The normalized spacial score (nSPS) is 29.6. The van der Waals surface area contributed by atoms with Gasteiger partial charge in [0, 0.05) is 41.9 Å². The van der Waals surface area contributed by atoms with Crippen molar-refractivity contribution in [2.45, 2.75) is 108 Å². The van der Waals surface area contributed by atoms with Crippen molar-refractivity contribution in [3.05, 3.63) is 98.6 Å². The third kappa shape index (κ3) is 6.87. The quantitative estimate of drug-likeness (QED) is 0.147. The van der Waals surface area contributed by atoms with E-state index in [4.69, 9.17) is 9.47 Å². The summed E-state index contributed by atoms with van der Waals surface area (Å²) in [6.45, 7) is 1.37. The van der Waals surface area contributed by atoms with Crippen molar-refractivity contribution >= 4 is 17.7 Å². The van der Waals surface area contributed by atoms with Crippen molar-refractivity contribution in [3.8, 4) is 29.1 Å². The number of benzene rings is 3. The van der Waals surface area contributed by atoms with Crippen molar-refractivity contribution in [3.63, 3.8) is 0 Å². The van der Waals surface area contributed by atoms with Gasteiger partial charge in [0.25, 0.3) is 0 Å². The molecule has 6 atom stereocenters. The number of aryl methyl sites for hydroxylation is 2. The molecule has 9 heteroatoms. The van der Waals surface area contributed by atoms with E-state index in [1.54, 1.807) is 25.1 Å². The first-order valence-corrected chi connectivity index (χ1v) is 18.7. The molecule has 0 spiro atoms. The maximum atomic E-state index is 14.9. The van der Waals surface area contributed by atoms with Gasteiger partial charge < -0.3 is 29.9 Å². The molecule has 1 fully saturated rings. The molecule has 0 radical (unpaired) electrons. The Balaban J connectivity index is 1.34. The van der Waals surface area contributed by atoms with Crippen LogP contribution in [0.5, 0.6) is 17.2 Å². The number of hydrogen-bond acceptors (Lipinski definition) is 9. The molecular weight excluding hydrogens is 672 g/mol. The fourth-order valence-corrected chi connectivity index (χ4v) is 9.19. The Labute approximate surface area is 308 Å². The number of aliphatic hydroxyl groups excluding tert-OH is 1. The molecule has 4 N–H and O–H groups in total. The molecule has 3 heterocycles. The van der Waals surface area contributed by atoms with Gasteiger partial charge in [-0.15, -0.1) is 0 Å². The van der Waals surface area contributed by atoms with Crippen molar-refractivity contribution in [2.75, 3.05) is 0 Å². The molecule has 8 rings (SSSR count). The highest BCUT2D eigenvalue weighted by Crippen LogP contribution is 2.44. The fraction of sp³-hybridized carbons (Fsp3) is 0.432. The molecule has 0 amide bonds. The van der Waals surface area contributed by atoms with Crippen LogP contribution in [0.3, 0.4) is 0 Å². The summed E-state index contributed by atoms with van der Waals surface area (Å²) >= 11 is 0. The average Bonchev–Trinajstić information content (AvgIpc) is 3.33. The molecule has 0 aromatic heterocycles. The number of ether oxygens (including phenoxy) is 2. The van der Waals surface area contributed by atoms with Crippen molar-refractivity contribution < 1.29 is 44.3 Å². The average molecular weight is 717 g/mol. The van der Waals surface area contributed by atoms with Crippen molar-refractivity contribution in [1.82, 2.24) is 0 Å². The van der Waals surface area contributed by atoms with Crippen LogP contribution in [-0.2, 0) is 51.4 Å². The monoisotopic (exact) mass is 716 g/mol. The van der Waals surface area contributed by atoms with E-state index in [9.17, 15) is 34.8 Å². The number of aromatic hydroxyl groups is 2. The van der Waals surface area contributed by atoms with Crippen LogP contribution in [-0.4, -0.2) is 49.9 Å². The predicted molar refractivity (Wildman–Crippen MR) is 194 cm³/mol. The molecule has 3 aliphatic heterocycles. The van der Waals surface area contributed by atoms with E-state index in [-0.39, 0.29) is 60.7 Å². The zero-order valence-electron chi connectivity index (χ0n) is 29.8. The lowest BCUT2D eigenvalue weighted by Gasteiger charge is -2.42. The van der Waals surface area contributed by atoms with Gasteiger partial charge >= 0.3 is 11.9 Å². The maximum absolute atomic E-state index is 14.9. The zero-order chi connectivity index (χ0) is 37.0. The zero-order valence-corrected chi connectivity index (χ0v) is 29.8. The van der Waals surface area contributed by atoms with E-state index < -0.39 is 35.5 Å². The number of fused-ring (bicyclic) bond motifs is 9. The van der Waals surface area contributed by atoms with Gasteiger partial charge in [0.2, 0.25) is 0 Å². The molecule has 9 nitrogen and oxygen atoms in total. The van der Waals surface area contributed by atoms with E-state index in [1.165, 1.54) is 23.3 Å². The number of esters is 2. The summed E-state index contributed by atoms with van der Waals surface area (Å²) in [5.74, 6) is 3.82. The molecule has 9 bridgehead atoms. The number of phenolic OH excluding ortho intramolecular Hbond substituents is 2. The molecule has 3 aromatic carbocycles. The third-order valence-electron chi connectivity index (χ3n) is 12.3. The first kappa shape index (κ1) is 35.1. The van der Waals surface area contributed by atoms with E-state index in [0.717, 1.165) is 11.1 Å². The Morgan fingerprint density at radius 3 is 2.43 bits per heavy atom. The molecule has 0 saturated heterocycles. The van der Waals surface area contributed by atoms with Crippen LogP contribution < -0.4 is 4.74 Å². The third-order valence-corrected chi connectivity index (χ3v) is 12.3. The van der Waals surface area contributed by atoms with Gasteiger partial charge in [-0.05, 0) is 116 Å². The Kier molecular flexibility index (Phi) is 9.16. The summed E-state index contributed by atoms with van der Waals surface area (Å²) in [5.41, 5.74) is 5.36. The molecule has 2 aliphatic carbocycles. The van der Waals surface area contributed by atoms with Gasteiger partial charge in [0.1, 0.15) is 34.7 Å². The highest BCUT2D eigenvalue weighted by molar-refractivity contribution is 5.90. The minimum absolute atomic E-state index is 0.0245. The number of ketones is 1. The molecule has 274 valence electrons. The molecule has 0 unspecified atom stereocenters. The first-order valence-electron chi connectivity index (χ1n) is 18.7. The Morgan fingerprint density at radius 2 is 1.62 bits per heavy atom. The van der Waals surface area contributed by atoms with Crippen LogP contribution in [0, 0.1) is 23.7 Å². The molecule has 3 aromatic rings. The number of aliphatic hydroxyl groups is 2. The number of allylic oxidation sites excluding steroid dienone is 1. The Morgan fingerprint density at radius 1 is 0.830 bits per heavy atom. The van der Waals surface area contributed by atoms with E-state index >= 15 is 0 Å². The van der Waals surface area contributed by atoms with Crippen LogP contribution in [0.1, 0.15) is 103 Å². The second kappa shape index (κ2) is 13.8. The van der Waals surface area contributed by atoms with Gasteiger partial charge in [-0.3, -0.25) is 9.59 Å². The van der Waals surface area contributed by atoms with Gasteiger partial charge in [-0.25, -0.2) is 4.79 Å². The van der Waals surface area contributed by atoms with Gasteiger partial charge in [0.05, 0.1) is 18.9 Å². The van der Waals surface area contributed by atoms with E-state index in [1.807, 2.05) is 0 Å². The summed E-state index contributed by atoms with van der Waals surface area (Å²) in [6, 6.07) is 14.4. The fourth-order valence-electron chi connectivity index (χ4n) is 9.19. The van der Waals surface area contributed by atoms with Crippen LogP contribution in [0.4, 0.5) is 0 Å². The molecule has 5 aliphatic rings. The summed E-state index contributed by atoms with van der Waals surface area (Å²) < 4.78 is 12.1. The Hall–Kier alpha value is -4.91.